The molecule has 33 heavy (non-hydrogen) atoms. The molecule has 0 bridgehead atoms. The molecular formula is C28H45NO4. The van der Waals surface area contributed by atoms with E-state index in [4.69, 9.17) is 9.47 Å². The number of ether oxygens (including phenoxy) is 2. The molecule has 5 heteroatoms. The molecule has 5 nitrogen and oxygen atoms in total. The van der Waals surface area contributed by atoms with E-state index >= 15 is 0 Å². The van der Waals surface area contributed by atoms with Gasteiger partial charge in [-0.05, 0) is 64.4 Å². The van der Waals surface area contributed by atoms with Crippen LogP contribution < -0.4 is 5.32 Å². The van der Waals surface area contributed by atoms with Crippen molar-refractivity contribution in [2.45, 2.75) is 97.9 Å². The molecule has 1 aromatic rings. The minimum absolute atomic E-state index is 0.00169. The molecule has 0 aliphatic carbocycles. The number of ketones is 1. The van der Waals surface area contributed by atoms with Crippen molar-refractivity contribution in [2.24, 2.45) is 23.7 Å². The fraction of sp³-hybridized carbons (Fsp3) is 0.714. The Morgan fingerprint density at radius 3 is 2.24 bits per heavy atom. The average molecular weight is 460 g/mol. The first-order valence-corrected chi connectivity index (χ1v) is 12.5. The van der Waals surface area contributed by atoms with Crippen molar-refractivity contribution < 1.29 is 19.1 Å². The molecule has 1 aliphatic heterocycles. The highest BCUT2D eigenvalue weighted by Gasteiger charge is 2.37. The van der Waals surface area contributed by atoms with E-state index in [-0.39, 0.29) is 47.6 Å². The Kier molecular flexibility index (Phi) is 10.1. The predicted octanol–water partition coefficient (Wildman–Crippen LogP) is 5.21. The Balaban J connectivity index is 2.10. The summed E-state index contributed by atoms with van der Waals surface area (Å²) in [5.41, 5.74) is 0.559. The molecule has 1 aromatic carbocycles. The van der Waals surface area contributed by atoms with Crippen molar-refractivity contribution >= 4 is 11.8 Å². The number of methoxy groups -OCH3 is 1. The summed E-state index contributed by atoms with van der Waals surface area (Å²) in [6.07, 6.45) is 3.04. The highest BCUT2D eigenvalue weighted by atomic mass is 16.6. The lowest BCUT2D eigenvalue weighted by Crippen LogP contribution is -2.45. The van der Waals surface area contributed by atoms with Gasteiger partial charge < -0.3 is 14.8 Å². The number of hydrogen-bond acceptors (Lipinski definition) is 5. The van der Waals surface area contributed by atoms with Gasteiger partial charge in [-0.1, -0.05) is 51.1 Å². The van der Waals surface area contributed by atoms with Gasteiger partial charge >= 0.3 is 5.97 Å². The van der Waals surface area contributed by atoms with Crippen LogP contribution in [0.4, 0.5) is 0 Å². The molecule has 0 spiro atoms. The van der Waals surface area contributed by atoms with E-state index in [1.807, 2.05) is 58.0 Å². The molecule has 0 radical (unpaired) electrons. The molecular weight excluding hydrogens is 414 g/mol. The molecule has 1 saturated heterocycles. The van der Waals surface area contributed by atoms with Crippen molar-refractivity contribution in [3.05, 3.63) is 35.9 Å². The van der Waals surface area contributed by atoms with Gasteiger partial charge in [0.15, 0.2) is 0 Å². The molecule has 186 valence electrons. The lowest BCUT2D eigenvalue weighted by Gasteiger charge is -2.32. The van der Waals surface area contributed by atoms with Crippen LogP contribution in [0.3, 0.4) is 0 Å². The second-order valence-corrected chi connectivity index (χ2v) is 11.1. The summed E-state index contributed by atoms with van der Waals surface area (Å²) in [5.74, 6) is -0.437. The Bertz CT molecular complexity index is 757. The topological polar surface area (TPSA) is 64.6 Å². The van der Waals surface area contributed by atoms with Crippen LogP contribution >= 0.6 is 0 Å². The number of esters is 1. The smallest absolute Gasteiger partial charge is 0.310 e. The molecule has 0 aromatic heterocycles. The molecule has 0 amide bonds. The molecule has 3 unspecified atom stereocenters. The summed E-state index contributed by atoms with van der Waals surface area (Å²) in [6.45, 7) is 14.0. The van der Waals surface area contributed by atoms with E-state index in [0.29, 0.717) is 18.9 Å². The summed E-state index contributed by atoms with van der Waals surface area (Å²) < 4.78 is 11.5. The van der Waals surface area contributed by atoms with Crippen molar-refractivity contribution in [2.75, 3.05) is 7.11 Å². The zero-order valence-electron chi connectivity index (χ0n) is 21.9. The highest BCUT2D eigenvalue weighted by molar-refractivity contribution is 5.81. The van der Waals surface area contributed by atoms with Gasteiger partial charge in [0.25, 0.3) is 0 Å². The van der Waals surface area contributed by atoms with Crippen LogP contribution in [-0.4, -0.2) is 42.7 Å². The van der Waals surface area contributed by atoms with Crippen LogP contribution in [0.15, 0.2) is 30.3 Å². The number of nitrogens with one attached hydrogen (secondary N) is 1. The van der Waals surface area contributed by atoms with E-state index in [9.17, 15) is 9.59 Å². The maximum atomic E-state index is 13.3. The fourth-order valence-corrected chi connectivity index (χ4v) is 4.94. The second kappa shape index (κ2) is 12.1. The number of carbonyl (C=O) groups is 2. The third-order valence-corrected chi connectivity index (χ3v) is 7.14. The zero-order chi connectivity index (χ0) is 24.8. The van der Waals surface area contributed by atoms with Gasteiger partial charge in [0, 0.05) is 31.5 Å². The van der Waals surface area contributed by atoms with Gasteiger partial charge in [0.1, 0.15) is 11.4 Å². The maximum Gasteiger partial charge on any atom is 0.310 e. The van der Waals surface area contributed by atoms with E-state index in [1.165, 1.54) is 0 Å². The Labute approximate surface area is 201 Å². The molecule has 0 saturated carbocycles. The summed E-state index contributed by atoms with van der Waals surface area (Å²) >= 11 is 0. The lowest BCUT2D eigenvalue weighted by atomic mass is 9.77. The van der Waals surface area contributed by atoms with E-state index < -0.39 is 5.60 Å². The van der Waals surface area contributed by atoms with Gasteiger partial charge in [-0.2, -0.15) is 0 Å². The molecule has 1 heterocycles. The molecule has 7 atom stereocenters. The molecule has 1 N–H and O–H groups in total. The summed E-state index contributed by atoms with van der Waals surface area (Å²) in [4.78, 5) is 26.4. The monoisotopic (exact) mass is 459 g/mol. The Morgan fingerprint density at radius 2 is 1.73 bits per heavy atom. The van der Waals surface area contributed by atoms with Gasteiger partial charge in [-0.3, -0.25) is 9.59 Å². The third kappa shape index (κ3) is 8.22. The summed E-state index contributed by atoms with van der Waals surface area (Å²) in [7, 11) is 1.70. The first-order valence-electron chi connectivity index (χ1n) is 12.5. The van der Waals surface area contributed by atoms with E-state index in [1.54, 1.807) is 7.11 Å². The first kappa shape index (κ1) is 27.5. The highest BCUT2D eigenvalue weighted by Crippen LogP contribution is 2.31. The van der Waals surface area contributed by atoms with Crippen LogP contribution in [0, 0.1) is 23.7 Å². The standard InChI is InChI=1S/C28H45NO4/c1-18(16-25(30)21(4)26(32-8)24-15-14-19(2)29-24)20(3)23(27(31)33-28(5,6)7)17-22-12-10-9-11-13-22/h9-13,18-21,23-24,26,29H,14-17H2,1-8H3/t18?,19-,20?,21-,23?,24-,26+/m0/s1. The zero-order valence-corrected chi connectivity index (χ0v) is 21.9. The normalized spacial score (nSPS) is 23.4. The summed E-state index contributed by atoms with van der Waals surface area (Å²) in [6, 6.07) is 10.7. The van der Waals surface area contributed by atoms with Gasteiger partial charge in [0.2, 0.25) is 0 Å². The number of hydrogen-bond donors (Lipinski definition) is 1. The van der Waals surface area contributed by atoms with Crippen molar-refractivity contribution in [1.29, 1.82) is 0 Å². The number of Topliss-reactive ketones (excluding diaryl/α,β-unsaturated/α-hetero) is 1. The van der Waals surface area contributed by atoms with Crippen molar-refractivity contribution in [3.8, 4) is 0 Å². The van der Waals surface area contributed by atoms with Crippen LogP contribution in [0.5, 0.6) is 0 Å². The van der Waals surface area contributed by atoms with Gasteiger partial charge in [-0.25, -0.2) is 0 Å². The minimum atomic E-state index is -0.545. The Hall–Kier alpha value is -1.72. The molecule has 1 fully saturated rings. The van der Waals surface area contributed by atoms with Crippen molar-refractivity contribution in [1.82, 2.24) is 5.32 Å². The van der Waals surface area contributed by atoms with Gasteiger partial charge in [0.05, 0.1) is 12.0 Å². The first-order chi connectivity index (χ1) is 15.4. The van der Waals surface area contributed by atoms with Crippen LogP contribution in [-0.2, 0) is 25.5 Å². The largest absolute Gasteiger partial charge is 0.460 e. The summed E-state index contributed by atoms with van der Waals surface area (Å²) in [5, 5.41) is 3.56. The second-order valence-electron chi connectivity index (χ2n) is 11.1. The fourth-order valence-electron chi connectivity index (χ4n) is 4.94. The third-order valence-electron chi connectivity index (χ3n) is 7.14. The van der Waals surface area contributed by atoms with Gasteiger partial charge in [-0.15, -0.1) is 0 Å². The lowest BCUT2D eigenvalue weighted by molar-refractivity contribution is -0.162. The number of benzene rings is 1. The number of carbonyl (C=O) groups excluding carboxylic acids is 2. The molecule has 2 rings (SSSR count). The Morgan fingerprint density at radius 1 is 1.09 bits per heavy atom. The maximum absolute atomic E-state index is 13.3. The van der Waals surface area contributed by atoms with E-state index in [2.05, 4.69) is 26.1 Å². The molecule has 1 aliphatic rings. The SMILES string of the molecule is CO[C@@H]([C@@H]1CC[C@H](C)N1)[C@@H](C)C(=O)CC(C)C(C)C(Cc1ccccc1)C(=O)OC(C)(C)C. The quantitative estimate of drug-likeness (QED) is 0.460. The van der Waals surface area contributed by atoms with Crippen LogP contribution in [0.1, 0.15) is 73.3 Å². The number of rotatable bonds is 11. The predicted molar refractivity (Wildman–Crippen MR) is 133 cm³/mol. The van der Waals surface area contributed by atoms with Crippen molar-refractivity contribution in [3.63, 3.8) is 0 Å². The minimum Gasteiger partial charge on any atom is -0.460 e. The van der Waals surface area contributed by atoms with Crippen LogP contribution in [0.25, 0.3) is 0 Å². The van der Waals surface area contributed by atoms with E-state index in [0.717, 1.165) is 18.4 Å². The van der Waals surface area contributed by atoms with Crippen LogP contribution in [0.2, 0.25) is 0 Å². The average Bonchev–Trinajstić information content (AvgIpc) is 3.17.